The largest absolute Gasteiger partial charge is 0.376 e. The van der Waals surface area contributed by atoms with Gasteiger partial charge in [0.15, 0.2) is 0 Å². The first-order chi connectivity index (χ1) is 8.90. The number of rotatable bonds is 7. The lowest BCUT2D eigenvalue weighted by molar-refractivity contribution is -0.00912. The van der Waals surface area contributed by atoms with Crippen LogP contribution < -0.4 is 5.32 Å². The van der Waals surface area contributed by atoms with Gasteiger partial charge < -0.3 is 10.1 Å². The van der Waals surface area contributed by atoms with Crippen molar-refractivity contribution in [3.63, 3.8) is 0 Å². The molecule has 1 aromatic rings. The van der Waals surface area contributed by atoms with E-state index in [1.165, 1.54) is 5.56 Å². The fourth-order valence-electron chi connectivity index (χ4n) is 2.05. The number of hydrogen-bond donors (Lipinski definition) is 1. The number of benzene rings is 1. The molecule has 0 radical (unpaired) electrons. The zero-order valence-corrected chi connectivity index (χ0v) is 13.3. The molecule has 1 atom stereocenters. The van der Waals surface area contributed by atoms with Crippen LogP contribution in [0.2, 0.25) is 5.02 Å². The molecule has 0 aliphatic rings. The van der Waals surface area contributed by atoms with E-state index in [1.54, 1.807) is 0 Å². The molecule has 0 saturated carbocycles. The van der Waals surface area contributed by atoms with Gasteiger partial charge in [-0.25, -0.2) is 0 Å². The minimum absolute atomic E-state index is 0.0511. The van der Waals surface area contributed by atoms with Gasteiger partial charge >= 0.3 is 0 Å². The van der Waals surface area contributed by atoms with Gasteiger partial charge in [-0.1, -0.05) is 23.7 Å². The number of halogens is 1. The van der Waals surface area contributed by atoms with Crippen molar-refractivity contribution in [2.75, 3.05) is 20.2 Å². The van der Waals surface area contributed by atoms with E-state index in [-0.39, 0.29) is 5.60 Å². The van der Waals surface area contributed by atoms with Crippen LogP contribution in [0.5, 0.6) is 0 Å². The van der Waals surface area contributed by atoms with E-state index >= 15 is 0 Å². The fourth-order valence-corrected chi connectivity index (χ4v) is 2.18. The van der Waals surface area contributed by atoms with Gasteiger partial charge in [0, 0.05) is 11.6 Å². The van der Waals surface area contributed by atoms with Crippen LogP contribution >= 0.6 is 11.6 Å². The molecule has 0 heterocycles. The maximum absolute atomic E-state index is 5.91. The quantitative estimate of drug-likeness (QED) is 0.819. The number of nitrogens with one attached hydrogen (secondary N) is 1. The maximum Gasteiger partial charge on any atom is 0.0598 e. The van der Waals surface area contributed by atoms with Crippen molar-refractivity contribution in [1.82, 2.24) is 5.32 Å². The SMILES string of the molecule is CNCC(CCOC(C)(C)C)Cc1ccc(Cl)cc1. The standard InChI is InChI=1S/C16H26ClNO/c1-16(2,3)19-10-9-14(12-18-4)11-13-5-7-15(17)8-6-13/h5-8,14,18H,9-12H2,1-4H3. The molecule has 19 heavy (non-hydrogen) atoms. The molecule has 0 saturated heterocycles. The summed E-state index contributed by atoms with van der Waals surface area (Å²) in [6, 6.07) is 8.13. The summed E-state index contributed by atoms with van der Waals surface area (Å²) in [6.07, 6.45) is 2.13. The van der Waals surface area contributed by atoms with E-state index < -0.39 is 0 Å². The molecule has 0 bridgehead atoms. The zero-order chi connectivity index (χ0) is 14.3. The molecule has 0 spiro atoms. The number of ether oxygens (including phenoxy) is 1. The summed E-state index contributed by atoms with van der Waals surface area (Å²) in [5.74, 6) is 0.591. The summed E-state index contributed by atoms with van der Waals surface area (Å²) in [4.78, 5) is 0. The lowest BCUT2D eigenvalue weighted by Crippen LogP contribution is -2.25. The minimum atomic E-state index is -0.0511. The normalized spacial score (nSPS) is 13.5. The first-order valence-corrected chi connectivity index (χ1v) is 7.31. The molecule has 1 N–H and O–H groups in total. The molecule has 3 heteroatoms. The van der Waals surface area contributed by atoms with Gasteiger partial charge in [0.05, 0.1) is 5.60 Å². The molecular weight excluding hydrogens is 258 g/mol. The van der Waals surface area contributed by atoms with E-state index in [0.29, 0.717) is 5.92 Å². The predicted molar refractivity (Wildman–Crippen MR) is 82.9 cm³/mol. The molecule has 1 rings (SSSR count). The van der Waals surface area contributed by atoms with Crippen molar-refractivity contribution in [2.45, 2.75) is 39.2 Å². The van der Waals surface area contributed by atoms with Gasteiger partial charge in [0.2, 0.25) is 0 Å². The van der Waals surface area contributed by atoms with Crippen LogP contribution in [0.4, 0.5) is 0 Å². The van der Waals surface area contributed by atoms with Crippen molar-refractivity contribution in [3.8, 4) is 0 Å². The van der Waals surface area contributed by atoms with Crippen LogP contribution in [-0.2, 0) is 11.2 Å². The molecule has 0 aliphatic heterocycles. The van der Waals surface area contributed by atoms with Crippen molar-refractivity contribution >= 4 is 11.6 Å². The van der Waals surface area contributed by atoms with Crippen molar-refractivity contribution < 1.29 is 4.74 Å². The van der Waals surface area contributed by atoms with Crippen molar-refractivity contribution in [1.29, 1.82) is 0 Å². The molecule has 1 aromatic carbocycles. The lowest BCUT2D eigenvalue weighted by Gasteiger charge is -2.22. The summed E-state index contributed by atoms with van der Waals surface area (Å²) < 4.78 is 5.81. The van der Waals surface area contributed by atoms with Gasteiger partial charge in [-0.15, -0.1) is 0 Å². The summed E-state index contributed by atoms with van der Waals surface area (Å²) in [5, 5.41) is 4.06. The third-order valence-electron chi connectivity index (χ3n) is 2.99. The Morgan fingerprint density at radius 2 is 1.84 bits per heavy atom. The predicted octanol–water partition coefficient (Wildman–Crippen LogP) is 3.92. The molecule has 0 aliphatic carbocycles. The molecule has 2 nitrogen and oxygen atoms in total. The van der Waals surface area contributed by atoms with Crippen LogP contribution in [0.1, 0.15) is 32.8 Å². The molecule has 0 amide bonds. The summed E-state index contributed by atoms with van der Waals surface area (Å²) in [6.45, 7) is 8.11. The molecule has 0 aromatic heterocycles. The van der Waals surface area contributed by atoms with E-state index in [0.717, 1.165) is 31.0 Å². The Balaban J connectivity index is 2.45. The second kappa shape index (κ2) is 7.88. The van der Waals surface area contributed by atoms with Crippen molar-refractivity contribution in [3.05, 3.63) is 34.9 Å². The van der Waals surface area contributed by atoms with Gasteiger partial charge in [0.1, 0.15) is 0 Å². The van der Waals surface area contributed by atoms with Gasteiger partial charge in [0.25, 0.3) is 0 Å². The third-order valence-corrected chi connectivity index (χ3v) is 3.24. The van der Waals surface area contributed by atoms with Crippen LogP contribution in [0.15, 0.2) is 24.3 Å². The summed E-state index contributed by atoms with van der Waals surface area (Å²) in [5.41, 5.74) is 1.28. The van der Waals surface area contributed by atoms with E-state index in [2.05, 4.69) is 38.2 Å². The molecular formula is C16H26ClNO. The first kappa shape index (κ1) is 16.5. The second-order valence-electron chi connectivity index (χ2n) is 6.00. The van der Waals surface area contributed by atoms with Gasteiger partial charge in [-0.05, 0) is 70.8 Å². The highest BCUT2D eigenvalue weighted by molar-refractivity contribution is 6.30. The fraction of sp³-hybridized carbons (Fsp3) is 0.625. The Morgan fingerprint density at radius 3 is 2.37 bits per heavy atom. The minimum Gasteiger partial charge on any atom is -0.376 e. The lowest BCUT2D eigenvalue weighted by atomic mass is 9.96. The van der Waals surface area contributed by atoms with E-state index in [9.17, 15) is 0 Å². The smallest absolute Gasteiger partial charge is 0.0598 e. The monoisotopic (exact) mass is 283 g/mol. The van der Waals surface area contributed by atoms with Crippen LogP contribution in [0.25, 0.3) is 0 Å². The topological polar surface area (TPSA) is 21.3 Å². The van der Waals surface area contributed by atoms with E-state index in [4.69, 9.17) is 16.3 Å². The maximum atomic E-state index is 5.91. The van der Waals surface area contributed by atoms with Crippen LogP contribution in [0.3, 0.4) is 0 Å². The summed E-state index contributed by atoms with van der Waals surface area (Å²) in [7, 11) is 2.00. The molecule has 1 unspecified atom stereocenters. The highest BCUT2D eigenvalue weighted by Gasteiger charge is 2.13. The molecule has 0 fully saturated rings. The highest BCUT2D eigenvalue weighted by Crippen LogP contribution is 2.16. The Kier molecular flexibility index (Phi) is 6.84. The zero-order valence-electron chi connectivity index (χ0n) is 12.5. The van der Waals surface area contributed by atoms with Gasteiger partial charge in [-0.2, -0.15) is 0 Å². The average molecular weight is 284 g/mol. The average Bonchev–Trinajstić information content (AvgIpc) is 2.30. The Labute approximate surface area is 122 Å². The van der Waals surface area contributed by atoms with Crippen molar-refractivity contribution in [2.24, 2.45) is 5.92 Å². The third kappa shape index (κ3) is 7.56. The van der Waals surface area contributed by atoms with Crippen LogP contribution in [0, 0.1) is 5.92 Å². The Morgan fingerprint density at radius 1 is 1.21 bits per heavy atom. The summed E-state index contributed by atoms with van der Waals surface area (Å²) >= 11 is 5.91. The highest BCUT2D eigenvalue weighted by atomic mass is 35.5. The van der Waals surface area contributed by atoms with E-state index in [1.807, 2.05) is 19.2 Å². The number of hydrogen-bond acceptors (Lipinski definition) is 2. The molecule has 108 valence electrons. The van der Waals surface area contributed by atoms with Gasteiger partial charge in [-0.3, -0.25) is 0 Å². The Hall–Kier alpha value is -0.570. The Bertz CT molecular complexity index is 356. The van der Waals surface area contributed by atoms with Crippen LogP contribution in [-0.4, -0.2) is 25.8 Å². The first-order valence-electron chi connectivity index (χ1n) is 6.94. The second-order valence-corrected chi connectivity index (χ2v) is 6.44.